The Bertz CT molecular complexity index is 1180. The molecule has 2 aromatic rings. The van der Waals surface area contributed by atoms with Crippen LogP contribution in [0, 0.1) is 23.7 Å². The molecule has 2 saturated heterocycles. The largest absolute Gasteiger partial charge is 0.453 e. The zero-order valence-corrected chi connectivity index (χ0v) is 27.5. The van der Waals surface area contributed by atoms with E-state index in [2.05, 4.69) is 50.2 Å². The molecular formula is C39H54O6. The van der Waals surface area contributed by atoms with Crippen molar-refractivity contribution < 1.29 is 28.8 Å². The summed E-state index contributed by atoms with van der Waals surface area (Å²) in [5.74, 6) is 3.10. The van der Waals surface area contributed by atoms with Crippen LogP contribution in [0.15, 0.2) is 48.5 Å². The Labute approximate surface area is 270 Å². The maximum atomic E-state index is 13.0. The number of carbonyl (C=O) groups is 1. The minimum absolute atomic E-state index is 0.293. The molecule has 0 spiro atoms. The molecule has 45 heavy (non-hydrogen) atoms. The SMILES string of the molecule is CCCC1CCC(Cc2ccc(COO[C@H]3CO[C@@H]4C(OC(=O)c5ccc(CC6CCC(CC)CC6)cc5)CO[C@H]34)cc2)CC1. The number of ether oxygens (including phenoxy) is 3. The van der Waals surface area contributed by atoms with Crippen LogP contribution in [0.5, 0.6) is 0 Å². The molecule has 6 nitrogen and oxygen atoms in total. The summed E-state index contributed by atoms with van der Waals surface area (Å²) < 4.78 is 17.8. The minimum Gasteiger partial charge on any atom is -0.453 e. The molecule has 0 aromatic heterocycles. The fraction of sp³-hybridized carbons (Fsp3) is 0.667. The predicted octanol–water partition coefficient (Wildman–Crippen LogP) is 8.43. The molecule has 0 radical (unpaired) electrons. The van der Waals surface area contributed by atoms with Gasteiger partial charge in [-0.15, -0.1) is 0 Å². The Kier molecular flexibility index (Phi) is 11.6. The molecule has 2 heterocycles. The van der Waals surface area contributed by atoms with Crippen LogP contribution in [-0.4, -0.2) is 43.6 Å². The van der Waals surface area contributed by atoms with Crippen molar-refractivity contribution in [3.8, 4) is 0 Å². The van der Waals surface area contributed by atoms with Gasteiger partial charge in [-0.2, -0.15) is 0 Å². The van der Waals surface area contributed by atoms with E-state index in [0.29, 0.717) is 25.4 Å². The first kappa shape index (κ1) is 32.7. The molecule has 0 N–H and O–H groups in total. The Morgan fingerprint density at radius 3 is 1.78 bits per heavy atom. The number of rotatable bonds is 13. The summed E-state index contributed by atoms with van der Waals surface area (Å²) in [5.41, 5.74) is 4.35. The van der Waals surface area contributed by atoms with Gasteiger partial charge < -0.3 is 14.2 Å². The van der Waals surface area contributed by atoms with Crippen molar-refractivity contribution in [3.63, 3.8) is 0 Å². The second kappa shape index (κ2) is 16.0. The van der Waals surface area contributed by atoms with Crippen molar-refractivity contribution in [1.29, 1.82) is 0 Å². The quantitative estimate of drug-likeness (QED) is 0.128. The van der Waals surface area contributed by atoms with Crippen molar-refractivity contribution in [1.82, 2.24) is 0 Å². The highest BCUT2D eigenvalue weighted by molar-refractivity contribution is 5.89. The number of fused-ring (bicyclic) bond motifs is 1. The average molecular weight is 619 g/mol. The molecule has 4 aliphatic rings. The summed E-state index contributed by atoms with van der Waals surface area (Å²) in [5, 5.41) is 0. The molecule has 6 rings (SSSR count). The van der Waals surface area contributed by atoms with E-state index in [-0.39, 0.29) is 24.3 Å². The first-order valence-corrected chi connectivity index (χ1v) is 18.0. The maximum Gasteiger partial charge on any atom is 0.338 e. The molecule has 2 aliphatic carbocycles. The molecular weight excluding hydrogens is 564 g/mol. The van der Waals surface area contributed by atoms with Gasteiger partial charge in [0.2, 0.25) is 0 Å². The normalized spacial score (nSPS) is 31.5. The van der Waals surface area contributed by atoms with Gasteiger partial charge >= 0.3 is 5.97 Å². The van der Waals surface area contributed by atoms with E-state index in [1.807, 2.05) is 12.1 Å². The average Bonchev–Trinajstić information content (AvgIpc) is 3.66. The molecule has 246 valence electrons. The molecule has 4 fully saturated rings. The van der Waals surface area contributed by atoms with E-state index < -0.39 is 6.10 Å². The van der Waals surface area contributed by atoms with Crippen LogP contribution in [0.4, 0.5) is 0 Å². The van der Waals surface area contributed by atoms with E-state index >= 15 is 0 Å². The first-order chi connectivity index (χ1) is 22.1. The minimum atomic E-state index is -0.459. The molecule has 2 aromatic carbocycles. The topological polar surface area (TPSA) is 63.2 Å². The van der Waals surface area contributed by atoms with Crippen LogP contribution < -0.4 is 0 Å². The van der Waals surface area contributed by atoms with Crippen LogP contribution in [0.2, 0.25) is 0 Å². The summed E-state index contributed by atoms with van der Waals surface area (Å²) in [6, 6.07) is 16.7. The molecule has 0 bridgehead atoms. The Balaban J connectivity index is 0.895. The second-order valence-corrected chi connectivity index (χ2v) is 14.3. The van der Waals surface area contributed by atoms with Gasteiger partial charge in [0.15, 0.2) is 6.10 Å². The van der Waals surface area contributed by atoms with E-state index in [1.54, 1.807) is 0 Å². The molecule has 4 atom stereocenters. The summed E-state index contributed by atoms with van der Waals surface area (Å²) >= 11 is 0. The van der Waals surface area contributed by atoms with Gasteiger partial charge in [0.25, 0.3) is 0 Å². The van der Waals surface area contributed by atoms with Gasteiger partial charge in [0, 0.05) is 0 Å². The fourth-order valence-electron chi connectivity index (χ4n) is 8.20. The summed E-state index contributed by atoms with van der Waals surface area (Å²) in [6.45, 7) is 5.61. The number of carbonyl (C=O) groups excluding carboxylic acids is 1. The number of hydrogen-bond acceptors (Lipinski definition) is 6. The molecule has 1 unspecified atom stereocenters. The smallest absolute Gasteiger partial charge is 0.338 e. The van der Waals surface area contributed by atoms with E-state index in [4.69, 9.17) is 24.0 Å². The van der Waals surface area contributed by atoms with Gasteiger partial charge in [0.05, 0.1) is 18.8 Å². The number of esters is 1. The van der Waals surface area contributed by atoms with Crippen molar-refractivity contribution >= 4 is 5.97 Å². The summed E-state index contributed by atoms with van der Waals surface area (Å²) in [7, 11) is 0. The number of hydrogen-bond donors (Lipinski definition) is 0. The van der Waals surface area contributed by atoms with Crippen molar-refractivity contribution in [2.45, 2.75) is 128 Å². The summed E-state index contributed by atoms with van der Waals surface area (Å²) in [6.07, 6.45) is 15.7. The monoisotopic (exact) mass is 618 g/mol. The highest BCUT2D eigenvalue weighted by Crippen LogP contribution is 2.35. The lowest BCUT2D eigenvalue weighted by atomic mass is 9.78. The first-order valence-electron chi connectivity index (χ1n) is 18.0. The van der Waals surface area contributed by atoms with Gasteiger partial charge in [-0.25, -0.2) is 14.6 Å². The molecule has 6 heteroatoms. The third-order valence-corrected chi connectivity index (χ3v) is 11.1. The van der Waals surface area contributed by atoms with Crippen molar-refractivity contribution in [3.05, 3.63) is 70.8 Å². The third kappa shape index (κ3) is 8.77. The Morgan fingerprint density at radius 2 is 1.18 bits per heavy atom. The highest BCUT2D eigenvalue weighted by Gasteiger charge is 2.50. The second-order valence-electron chi connectivity index (χ2n) is 14.3. The van der Waals surface area contributed by atoms with E-state index in [0.717, 1.165) is 35.7 Å². The van der Waals surface area contributed by atoms with Crippen molar-refractivity contribution in [2.24, 2.45) is 23.7 Å². The third-order valence-electron chi connectivity index (χ3n) is 11.1. The fourth-order valence-corrected chi connectivity index (χ4v) is 8.20. The lowest BCUT2D eigenvalue weighted by Crippen LogP contribution is -2.35. The predicted molar refractivity (Wildman–Crippen MR) is 175 cm³/mol. The van der Waals surface area contributed by atoms with Crippen LogP contribution in [0.25, 0.3) is 0 Å². The lowest BCUT2D eigenvalue weighted by Gasteiger charge is -2.28. The molecule has 2 aliphatic heterocycles. The van der Waals surface area contributed by atoms with Gasteiger partial charge in [-0.05, 0) is 91.0 Å². The van der Waals surface area contributed by atoms with Gasteiger partial charge in [-0.1, -0.05) is 95.2 Å². The maximum absolute atomic E-state index is 13.0. The van der Waals surface area contributed by atoms with Gasteiger partial charge in [-0.3, -0.25) is 0 Å². The van der Waals surface area contributed by atoms with Crippen molar-refractivity contribution in [2.75, 3.05) is 13.2 Å². The summed E-state index contributed by atoms with van der Waals surface area (Å²) in [4.78, 5) is 24.3. The molecule has 2 saturated carbocycles. The highest BCUT2D eigenvalue weighted by atomic mass is 17.2. The van der Waals surface area contributed by atoms with Crippen LogP contribution in [-0.2, 0) is 43.4 Å². The van der Waals surface area contributed by atoms with E-state index in [9.17, 15) is 4.79 Å². The van der Waals surface area contributed by atoms with Gasteiger partial charge in [0.1, 0.15) is 24.9 Å². The zero-order valence-electron chi connectivity index (χ0n) is 27.5. The van der Waals surface area contributed by atoms with E-state index in [1.165, 1.54) is 88.2 Å². The Hall–Kier alpha value is -2.25. The van der Waals surface area contributed by atoms with Crippen LogP contribution >= 0.6 is 0 Å². The Morgan fingerprint density at radius 1 is 0.667 bits per heavy atom. The van der Waals surface area contributed by atoms with Crippen LogP contribution in [0.3, 0.4) is 0 Å². The number of benzene rings is 2. The zero-order chi connectivity index (χ0) is 31.0. The lowest BCUT2D eigenvalue weighted by molar-refractivity contribution is -0.341. The molecule has 0 amide bonds. The van der Waals surface area contributed by atoms with Crippen LogP contribution in [0.1, 0.15) is 112 Å². The standard InChI is InChI=1S/C39H54O6/c1-3-5-28-8-12-30(13-9-28)22-31-14-16-33(17-15-31)24-43-45-36-26-42-37-35(25-41-38(36)37)44-39(40)34-20-18-32(19-21-34)23-29-10-6-27(4-2)7-11-29/h14-21,27-30,35-38H,3-13,22-26H2,1-2H3/t27?,28?,29?,30?,35?,36-,37+,38+/m0/s1.